The van der Waals surface area contributed by atoms with E-state index >= 15 is 0 Å². The Morgan fingerprint density at radius 3 is 2.31 bits per heavy atom. The Labute approximate surface area is 101 Å². The summed E-state index contributed by atoms with van der Waals surface area (Å²) in [5.74, 6) is 1.85. The Morgan fingerprint density at radius 2 is 1.88 bits per heavy atom. The van der Waals surface area contributed by atoms with Gasteiger partial charge in [0.25, 0.3) is 0 Å². The van der Waals surface area contributed by atoms with Crippen LogP contribution in [0.2, 0.25) is 0 Å². The van der Waals surface area contributed by atoms with Gasteiger partial charge in [-0.05, 0) is 31.3 Å². The zero-order valence-corrected chi connectivity index (χ0v) is 12.1. The lowest BCUT2D eigenvalue weighted by atomic mass is 9.80. The van der Waals surface area contributed by atoms with Crippen molar-refractivity contribution < 1.29 is 4.74 Å². The fourth-order valence-corrected chi connectivity index (χ4v) is 2.51. The molecule has 1 aliphatic rings. The van der Waals surface area contributed by atoms with Crippen LogP contribution < -0.4 is 0 Å². The average Bonchev–Trinajstić information content (AvgIpc) is 2.41. The van der Waals surface area contributed by atoms with Gasteiger partial charge in [0, 0.05) is 12.3 Å². The van der Waals surface area contributed by atoms with Crippen molar-refractivity contribution in [3.05, 3.63) is 11.3 Å². The van der Waals surface area contributed by atoms with Crippen LogP contribution in [0.1, 0.15) is 67.7 Å². The van der Waals surface area contributed by atoms with E-state index < -0.39 is 0 Å². The smallest absolute Gasteiger partial charge is 0.107 e. The Bertz CT molecular complexity index is 278. The van der Waals surface area contributed by atoms with Crippen molar-refractivity contribution in [3.8, 4) is 0 Å². The molecule has 0 amide bonds. The van der Waals surface area contributed by atoms with Crippen LogP contribution in [0, 0.1) is 11.3 Å². The lowest BCUT2D eigenvalue weighted by Crippen LogP contribution is -2.20. The molecule has 0 aliphatic carbocycles. The van der Waals surface area contributed by atoms with Gasteiger partial charge in [-0.15, -0.1) is 0 Å². The molecule has 1 rings (SSSR count). The fourth-order valence-electron chi connectivity index (χ4n) is 2.51. The summed E-state index contributed by atoms with van der Waals surface area (Å²) >= 11 is 0. The predicted molar refractivity (Wildman–Crippen MR) is 70.3 cm³/mol. The highest BCUT2D eigenvalue weighted by atomic mass is 16.5. The van der Waals surface area contributed by atoms with Crippen molar-refractivity contribution in [3.63, 3.8) is 0 Å². The monoisotopic (exact) mass is 224 g/mol. The van der Waals surface area contributed by atoms with Gasteiger partial charge in [0.15, 0.2) is 0 Å². The molecule has 0 saturated heterocycles. The van der Waals surface area contributed by atoms with Gasteiger partial charge in [0.05, 0.1) is 5.76 Å². The Hall–Kier alpha value is -0.460. The van der Waals surface area contributed by atoms with Crippen molar-refractivity contribution in [2.75, 3.05) is 0 Å². The highest BCUT2D eigenvalue weighted by molar-refractivity contribution is 5.24. The zero-order valence-electron chi connectivity index (χ0n) is 12.1. The van der Waals surface area contributed by atoms with Crippen LogP contribution in [0.5, 0.6) is 0 Å². The van der Waals surface area contributed by atoms with Gasteiger partial charge in [-0.3, -0.25) is 0 Å². The normalized spacial score (nSPS) is 22.2. The van der Waals surface area contributed by atoms with Crippen molar-refractivity contribution in [2.24, 2.45) is 11.3 Å². The van der Waals surface area contributed by atoms with Crippen LogP contribution >= 0.6 is 0 Å². The molecule has 0 spiro atoms. The van der Waals surface area contributed by atoms with Gasteiger partial charge in [-0.1, -0.05) is 41.0 Å². The third kappa shape index (κ3) is 3.02. The van der Waals surface area contributed by atoms with E-state index in [-0.39, 0.29) is 11.0 Å². The third-order valence-electron chi connectivity index (χ3n) is 3.36. The molecule has 0 aromatic rings. The topological polar surface area (TPSA) is 9.23 Å². The predicted octanol–water partition coefficient (Wildman–Crippen LogP) is 4.92. The maximum absolute atomic E-state index is 6.18. The number of rotatable bonds is 3. The molecule has 0 saturated carbocycles. The average molecular weight is 224 g/mol. The molecule has 1 heterocycles. The summed E-state index contributed by atoms with van der Waals surface area (Å²) in [6.07, 6.45) is 3.54. The van der Waals surface area contributed by atoms with Gasteiger partial charge in [-0.25, -0.2) is 0 Å². The quantitative estimate of drug-likeness (QED) is 0.661. The summed E-state index contributed by atoms with van der Waals surface area (Å²) in [4.78, 5) is 0. The fraction of sp³-hybridized carbons (Fsp3) is 0.867. The van der Waals surface area contributed by atoms with E-state index in [1.807, 2.05) is 0 Å². The molecule has 1 unspecified atom stereocenters. The number of hydrogen-bond acceptors (Lipinski definition) is 1. The molecule has 16 heavy (non-hydrogen) atoms. The zero-order chi connectivity index (χ0) is 12.6. The van der Waals surface area contributed by atoms with E-state index in [2.05, 4.69) is 48.5 Å². The third-order valence-corrected chi connectivity index (χ3v) is 3.36. The highest BCUT2D eigenvalue weighted by Gasteiger charge is 2.38. The minimum atomic E-state index is -0.0000515. The van der Waals surface area contributed by atoms with Gasteiger partial charge in [0.1, 0.15) is 5.60 Å². The highest BCUT2D eigenvalue weighted by Crippen LogP contribution is 2.45. The molecule has 1 aliphatic heterocycles. The maximum atomic E-state index is 6.18. The first-order valence-electron chi connectivity index (χ1n) is 6.60. The molecule has 0 aromatic carbocycles. The van der Waals surface area contributed by atoms with Crippen LogP contribution in [0.3, 0.4) is 0 Å². The minimum absolute atomic E-state index is 0.0000515. The molecule has 0 bridgehead atoms. The second-order valence-corrected chi connectivity index (χ2v) is 6.82. The summed E-state index contributed by atoms with van der Waals surface area (Å²) < 4.78 is 6.18. The molecule has 94 valence electrons. The van der Waals surface area contributed by atoms with Crippen LogP contribution in [-0.4, -0.2) is 5.60 Å². The van der Waals surface area contributed by atoms with E-state index in [1.165, 1.54) is 24.2 Å². The molecule has 1 nitrogen and oxygen atoms in total. The second kappa shape index (κ2) is 4.43. The first-order valence-corrected chi connectivity index (χ1v) is 6.60. The largest absolute Gasteiger partial charge is 0.492 e. The number of ether oxygens (including phenoxy) is 1. The van der Waals surface area contributed by atoms with E-state index in [9.17, 15) is 0 Å². The van der Waals surface area contributed by atoms with Crippen LogP contribution in [-0.2, 0) is 4.74 Å². The standard InChI is InChI=1S/C15H28O/c1-8-9-11(2)13-12(14(3,4)5)10-15(6,7)16-13/h11H,8-10H2,1-7H3. The van der Waals surface area contributed by atoms with Crippen LogP contribution in [0.25, 0.3) is 0 Å². The van der Waals surface area contributed by atoms with Crippen molar-refractivity contribution in [1.29, 1.82) is 0 Å². The first-order chi connectivity index (χ1) is 7.17. The summed E-state index contributed by atoms with van der Waals surface area (Å²) in [5, 5.41) is 0. The first kappa shape index (κ1) is 13.6. The molecule has 0 aromatic heterocycles. The van der Waals surface area contributed by atoms with Crippen molar-refractivity contribution in [2.45, 2.75) is 73.3 Å². The summed E-state index contributed by atoms with van der Waals surface area (Å²) in [7, 11) is 0. The van der Waals surface area contributed by atoms with E-state index in [4.69, 9.17) is 4.74 Å². The lowest BCUT2D eigenvalue weighted by molar-refractivity contribution is 0.0456. The van der Waals surface area contributed by atoms with E-state index in [0.29, 0.717) is 5.92 Å². The van der Waals surface area contributed by atoms with E-state index in [1.54, 1.807) is 0 Å². The second-order valence-electron chi connectivity index (χ2n) is 6.82. The Balaban J connectivity index is 2.98. The molecule has 0 N–H and O–H groups in total. The maximum Gasteiger partial charge on any atom is 0.107 e. The SMILES string of the molecule is CCCC(C)C1=C(C(C)(C)C)CC(C)(C)O1. The molecule has 0 radical (unpaired) electrons. The van der Waals surface area contributed by atoms with Gasteiger partial charge in [0.2, 0.25) is 0 Å². The van der Waals surface area contributed by atoms with Crippen LogP contribution in [0.15, 0.2) is 11.3 Å². The van der Waals surface area contributed by atoms with Gasteiger partial charge >= 0.3 is 0 Å². The molecule has 1 heteroatoms. The summed E-state index contributed by atoms with van der Waals surface area (Å²) in [6, 6.07) is 0. The molecular formula is C15H28O. The minimum Gasteiger partial charge on any atom is -0.492 e. The van der Waals surface area contributed by atoms with Crippen molar-refractivity contribution in [1.82, 2.24) is 0 Å². The van der Waals surface area contributed by atoms with Gasteiger partial charge in [-0.2, -0.15) is 0 Å². The molecule has 0 fully saturated rings. The molecular weight excluding hydrogens is 196 g/mol. The molecule has 1 atom stereocenters. The summed E-state index contributed by atoms with van der Waals surface area (Å²) in [6.45, 7) is 15.8. The Morgan fingerprint density at radius 1 is 1.31 bits per heavy atom. The van der Waals surface area contributed by atoms with E-state index in [0.717, 1.165) is 6.42 Å². The summed E-state index contributed by atoms with van der Waals surface area (Å²) in [5.41, 5.74) is 1.77. The Kier molecular flexibility index (Phi) is 3.76. The van der Waals surface area contributed by atoms with Gasteiger partial charge < -0.3 is 4.74 Å². The van der Waals surface area contributed by atoms with Crippen LogP contribution in [0.4, 0.5) is 0 Å². The lowest BCUT2D eigenvalue weighted by Gasteiger charge is -2.23. The number of hydrogen-bond donors (Lipinski definition) is 0. The number of allylic oxidation sites excluding steroid dienone is 1. The van der Waals surface area contributed by atoms with Crippen molar-refractivity contribution >= 4 is 0 Å².